The van der Waals surface area contributed by atoms with Gasteiger partial charge in [-0.1, -0.05) is 32.2 Å². The molecule has 32 heavy (non-hydrogen) atoms. The lowest BCUT2D eigenvalue weighted by molar-refractivity contribution is -0.120. The highest BCUT2D eigenvalue weighted by molar-refractivity contribution is 6.01. The van der Waals surface area contributed by atoms with Crippen molar-refractivity contribution in [3.05, 3.63) is 59.7 Å². The summed E-state index contributed by atoms with van der Waals surface area (Å²) in [5, 5.41) is 9.52. The number of hydrogen-bond donors (Lipinski definition) is 0. The normalized spacial score (nSPS) is 26.3. The van der Waals surface area contributed by atoms with Crippen LogP contribution in [0.1, 0.15) is 36.2 Å². The Hall–Kier alpha value is -3.11. The van der Waals surface area contributed by atoms with Gasteiger partial charge in [0.05, 0.1) is 17.0 Å². The molecule has 1 aromatic rings. The Morgan fingerprint density at radius 3 is 2.59 bits per heavy atom. The molecule has 6 nitrogen and oxygen atoms in total. The third-order valence-corrected chi connectivity index (χ3v) is 7.00. The van der Waals surface area contributed by atoms with Crippen LogP contribution in [0.4, 0.5) is 10.3 Å². The summed E-state index contributed by atoms with van der Waals surface area (Å²) in [6.07, 6.45) is 5.80. The van der Waals surface area contributed by atoms with E-state index in [1.807, 2.05) is 6.92 Å². The quantitative estimate of drug-likeness (QED) is 0.676. The molecule has 0 bridgehead atoms. The van der Waals surface area contributed by atoms with Gasteiger partial charge in [0.15, 0.2) is 5.78 Å². The number of nitrogens with zero attached hydrogens (tertiary/aromatic N) is 5. The van der Waals surface area contributed by atoms with E-state index in [-0.39, 0.29) is 29.1 Å². The van der Waals surface area contributed by atoms with Crippen LogP contribution in [0.15, 0.2) is 42.8 Å². The van der Waals surface area contributed by atoms with Gasteiger partial charge in [-0.25, -0.2) is 14.4 Å². The van der Waals surface area contributed by atoms with Crippen LogP contribution in [0.25, 0.3) is 5.57 Å². The first-order chi connectivity index (χ1) is 15.4. The van der Waals surface area contributed by atoms with Gasteiger partial charge in [-0.3, -0.25) is 4.79 Å². The van der Waals surface area contributed by atoms with Crippen molar-refractivity contribution in [3.8, 4) is 6.07 Å². The van der Waals surface area contributed by atoms with E-state index >= 15 is 0 Å². The van der Waals surface area contributed by atoms with Crippen LogP contribution in [0.2, 0.25) is 0 Å². The summed E-state index contributed by atoms with van der Waals surface area (Å²) in [4.78, 5) is 26.7. The number of carbonyl (C=O) groups excluding carboxylic acids is 1. The van der Waals surface area contributed by atoms with Crippen LogP contribution in [0.3, 0.4) is 0 Å². The molecule has 3 atom stereocenters. The molecule has 1 fully saturated rings. The summed E-state index contributed by atoms with van der Waals surface area (Å²) < 4.78 is 14.8. The van der Waals surface area contributed by atoms with Crippen molar-refractivity contribution in [3.63, 3.8) is 0 Å². The topological polar surface area (TPSA) is 73.1 Å². The second-order valence-electron chi connectivity index (χ2n) is 8.77. The standard InChI is InChI=1S/C25H28FN5O/c1-5-17(21(26)6-2)22-19-8-7-18-15(3)24(32)16(14-27)13-20(18)23(19)29-25(28-22)31-11-9-30(4)10-12-31/h5-6,13,15,18,20H,1-2,7-12H2,3-4H3/b21-17-. The lowest BCUT2D eigenvalue weighted by Gasteiger charge is -2.39. The van der Waals surface area contributed by atoms with Crippen LogP contribution < -0.4 is 4.90 Å². The molecule has 0 spiro atoms. The van der Waals surface area contributed by atoms with Crippen LogP contribution in [0, 0.1) is 23.2 Å². The molecule has 0 aromatic carbocycles. The third kappa shape index (κ3) is 3.69. The van der Waals surface area contributed by atoms with E-state index in [9.17, 15) is 14.4 Å². The molecule has 0 saturated carbocycles. The van der Waals surface area contributed by atoms with Crippen molar-refractivity contribution in [2.75, 3.05) is 38.1 Å². The minimum atomic E-state index is -0.479. The maximum absolute atomic E-state index is 14.8. The monoisotopic (exact) mass is 433 g/mol. The Bertz CT molecular complexity index is 1070. The molecule has 7 heteroatoms. The third-order valence-electron chi connectivity index (χ3n) is 7.00. The molecule has 3 unspecified atom stereocenters. The van der Waals surface area contributed by atoms with Crippen molar-refractivity contribution in [2.45, 2.75) is 25.7 Å². The van der Waals surface area contributed by atoms with Crippen LogP contribution >= 0.6 is 0 Å². The highest BCUT2D eigenvalue weighted by Crippen LogP contribution is 2.46. The van der Waals surface area contributed by atoms with E-state index in [0.29, 0.717) is 23.6 Å². The number of piperazine rings is 1. The molecular formula is C25H28FN5O. The molecule has 1 aliphatic heterocycles. The van der Waals surface area contributed by atoms with Gasteiger partial charge in [-0.15, -0.1) is 0 Å². The highest BCUT2D eigenvalue weighted by Gasteiger charge is 2.42. The number of fused-ring (bicyclic) bond motifs is 3. The molecule has 0 amide bonds. The van der Waals surface area contributed by atoms with Gasteiger partial charge in [0.2, 0.25) is 5.95 Å². The van der Waals surface area contributed by atoms with Gasteiger partial charge in [-0.2, -0.15) is 5.26 Å². The largest absolute Gasteiger partial charge is 0.338 e. The lowest BCUT2D eigenvalue weighted by Crippen LogP contribution is -2.45. The minimum absolute atomic E-state index is 0.0654. The minimum Gasteiger partial charge on any atom is -0.338 e. The number of halogens is 1. The lowest BCUT2D eigenvalue weighted by atomic mass is 9.66. The fourth-order valence-electron chi connectivity index (χ4n) is 5.05. The average Bonchev–Trinajstić information content (AvgIpc) is 2.81. The summed E-state index contributed by atoms with van der Waals surface area (Å²) >= 11 is 0. The Balaban J connectivity index is 1.92. The molecule has 2 heterocycles. The van der Waals surface area contributed by atoms with Gasteiger partial charge in [-0.05, 0) is 31.9 Å². The number of nitriles is 1. The molecule has 1 aromatic heterocycles. The summed E-state index contributed by atoms with van der Waals surface area (Å²) in [5.41, 5.74) is 2.68. The first-order valence-electron chi connectivity index (χ1n) is 11.0. The van der Waals surface area contributed by atoms with Gasteiger partial charge in [0.1, 0.15) is 11.9 Å². The molecule has 4 rings (SSSR count). The van der Waals surface area contributed by atoms with E-state index in [1.165, 1.54) is 12.2 Å². The van der Waals surface area contributed by atoms with E-state index < -0.39 is 5.83 Å². The second-order valence-corrected chi connectivity index (χ2v) is 8.77. The number of likely N-dealkylation sites (N-methyl/N-ethyl adjacent to an activating group) is 1. The molecule has 2 aliphatic carbocycles. The summed E-state index contributed by atoms with van der Waals surface area (Å²) in [7, 11) is 2.08. The van der Waals surface area contributed by atoms with Crippen LogP contribution in [-0.2, 0) is 11.2 Å². The summed E-state index contributed by atoms with van der Waals surface area (Å²) in [6.45, 7) is 12.6. The van der Waals surface area contributed by atoms with Gasteiger partial charge >= 0.3 is 0 Å². The zero-order chi connectivity index (χ0) is 23.0. The number of hydrogen-bond acceptors (Lipinski definition) is 6. The Morgan fingerprint density at radius 1 is 1.25 bits per heavy atom. The molecule has 0 radical (unpaired) electrons. The van der Waals surface area contributed by atoms with Crippen molar-refractivity contribution in [1.29, 1.82) is 5.26 Å². The number of rotatable bonds is 4. The van der Waals surface area contributed by atoms with Crippen LogP contribution in [0.5, 0.6) is 0 Å². The van der Waals surface area contributed by atoms with Crippen LogP contribution in [-0.4, -0.2) is 53.9 Å². The molecule has 0 N–H and O–H groups in total. The number of aromatic nitrogens is 2. The number of ketones is 1. The first kappa shape index (κ1) is 22.1. The maximum Gasteiger partial charge on any atom is 0.226 e. The fraction of sp³-hybridized carbons (Fsp3) is 0.440. The van der Waals surface area contributed by atoms with Crippen molar-refractivity contribution < 1.29 is 9.18 Å². The summed E-state index contributed by atoms with van der Waals surface area (Å²) in [5.74, 6) is -0.386. The van der Waals surface area contributed by atoms with Crippen molar-refractivity contribution in [2.24, 2.45) is 11.8 Å². The predicted molar refractivity (Wildman–Crippen MR) is 123 cm³/mol. The van der Waals surface area contributed by atoms with Gasteiger partial charge in [0.25, 0.3) is 0 Å². The fourth-order valence-corrected chi connectivity index (χ4v) is 5.05. The molecule has 166 valence electrons. The smallest absolute Gasteiger partial charge is 0.226 e. The number of allylic oxidation sites excluding steroid dienone is 6. The number of carbonyl (C=O) groups is 1. The molecule has 1 saturated heterocycles. The molecular weight excluding hydrogens is 405 g/mol. The zero-order valence-corrected chi connectivity index (χ0v) is 18.6. The predicted octanol–water partition coefficient (Wildman–Crippen LogP) is 3.60. The van der Waals surface area contributed by atoms with Gasteiger partial charge in [0, 0.05) is 49.2 Å². The van der Waals surface area contributed by atoms with Crippen molar-refractivity contribution >= 4 is 17.3 Å². The average molecular weight is 434 g/mol. The Kier molecular flexibility index (Phi) is 6.07. The SMILES string of the molecule is C=C/C(F)=C(\C=C)c1nc(N2CCN(C)CC2)nc2c1CCC1C(C)C(=O)C(C#N)=CC21. The van der Waals surface area contributed by atoms with E-state index in [0.717, 1.165) is 43.9 Å². The Labute approximate surface area is 188 Å². The van der Waals surface area contributed by atoms with Crippen molar-refractivity contribution in [1.82, 2.24) is 14.9 Å². The second kappa shape index (κ2) is 8.79. The Morgan fingerprint density at radius 2 is 1.97 bits per heavy atom. The van der Waals surface area contributed by atoms with E-state index in [1.54, 1.807) is 6.08 Å². The van der Waals surface area contributed by atoms with E-state index in [2.05, 4.69) is 36.1 Å². The summed E-state index contributed by atoms with van der Waals surface area (Å²) in [6, 6.07) is 2.06. The highest BCUT2D eigenvalue weighted by atomic mass is 19.1. The maximum atomic E-state index is 14.8. The zero-order valence-electron chi connectivity index (χ0n) is 18.6. The first-order valence-corrected chi connectivity index (χ1v) is 11.0. The number of anilines is 1. The van der Waals surface area contributed by atoms with E-state index in [4.69, 9.17) is 9.97 Å². The number of Topliss-reactive ketones (excluding diaryl/α,β-unsaturated/α-hetero) is 1. The molecule has 3 aliphatic rings. The van der Waals surface area contributed by atoms with Gasteiger partial charge < -0.3 is 9.80 Å².